The molecule has 1 N–H and O–H groups in total. The van der Waals surface area contributed by atoms with Crippen molar-refractivity contribution in [3.05, 3.63) is 57.4 Å². The van der Waals surface area contributed by atoms with Crippen LogP contribution in [0.4, 0.5) is 18.9 Å². The van der Waals surface area contributed by atoms with Gasteiger partial charge >= 0.3 is 6.18 Å². The van der Waals surface area contributed by atoms with Crippen LogP contribution in [0.15, 0.2) is 35.6 Å². The molecule has 0 aliphatic carbocycles. The van der Waals surface area contributed by atoms with E-state index >= 15 is 0 Å². The lowest BCUT2D eigenvalue weighted by atomic mass is 10.1. The lowest BCUT2D eigenvalue weighted by Crippen LogP contribution is -2.23. The molecule has 0 saturated heterocycles. The Morgan fingerprint density at radius 2 is 2.15 bits per heavy atom. The number of carbonyl (C=O) groups excluding carboxylic acids is 1. The van der Waals surface area contributed by atoms with Gasteiger partial charge in [-0.1, -0.05) is 19.1 Å². The summed E-state index contributed by atoms with van der Waals surface area (Å²) in [7, 11) is 0. The van der Waals surface area contributed by atoms with E-state index in [2.05, 4.69) is 15.6 Å². The smallest absolute Gasteiger partial charge is 0.271 e. The number of benzene rings is 1. The van der Waals surface area contributed by atoms with Crippen LogP contribution in [0, 0.1) is 10.1 Å². The second kappa shape index (κ2) is 7.76. The van der Waals surface area contributed by atoms with Gasteiger partial charge in [-0.15, -0.1) is 0 Å². The number of alkyl halides is 3. The maximum atomic E-state index is 12.4. The van der Waals surface area contributed by atoms with Gasteiger partial charge in [0.05, 0.1) is 11.1 Å². The van der Waals surface area contributed by atoms with E-state index in [4.69, 9.17) is 0 Å². The second-order valence-electron chi connectivity index (χ2n) is 5.19. The zero-order valence-corrected chi connectivity index (χ0v) is 13.5. The summed E-state index contributed by atoms with van der Waals surface area (Å²) in [6.45, 7) is 1.33. The van der Waals surface area contributed by atoms with Crippen molar-refractivity contribution in [2.75, 3.05) is 0 Å². The number of carbonyl (C=O) groups is 1. The molecule has 0 radical (unpaired) electrons. The Morgan fingerprint density at radius 1 is 1.42 bits per heavy atom. The van der Waals surface area contributed by atoms with Crippen molar-refractivity contribution in [3.8, 4) is 0 Å². The van der Waals surface area contributed by atoms with Crippen LogP contribution in [0.3, 0.4) is 0 Å². The Hall–Kier alpha value is -3.24. The first-order valence-electron chi connectivity index (χ1n) is 7.40. The molecule has 0 bridgehead atoms. The van der Waals surface area contributed by atoms with Crippen LogP contribution in [0.25, 0.3) is 0 Å². The molecular weight excluding hydrogens is 355 g/mol. The van der Waals surface area contributed by atoms with Gasteiger partial charge in [0.1, 0.15) is 6.54 Å². The quantitative estimate of drug-likeness (QED) is 0.480. The van der Waals surface area contributed by atoms with E-state index in [9.17, 15) is 28.1 Å². The fourth-order valence-corrected chi connectivity index (χ4v) is 2.09. The highest BCUT2D eigenvalue weighted by Gasteiger charge is 2.33. The molecule has 1 aromatic carbocycles. The molecule has 8 nitrogen and oxygen atoms in total. The highest BCUT2D eigenvalue weighted by atomic mass is 19.4. The van der Waals surface area contributed by atoms with E-state index in [1.807, 2.05) is 0 Å². The standard InChI is InChI=1S/C15H14F3N5O3/c1-2-11-4-3-10(7-12(11)23(25)26)8-19-20-14(24)9-22-6-5-13(21-22)15(16,17)18/h3-8H,2,9H2,1H3,(H,20,24)/b19-8+. The monoisotopic (exact) mass is 369 g/mol. The van der Waals surface area contributed by atoms with Crippen molar-refractivity contribution in [2.45, 2.75) is 26.1 Å². The molecule has 0 atom stereocenters. The second-order valence-corrected chi connectivity index (χ2v) is 5.19. The Bertz CT molecular complexity index is 845. The number of nitrogens with zero attached hydrogens (tertiary/aromatic N) is 4. The van der Waals surface area contributed by atoms with Gasteiger partial charge in [0.15, 0.2) is 5.69 Å². The van der Waals surface area contributed by atoms with Crippen molar-refractivity contribution < 1.29 is 22.9 Å². The fraction of sp³-hybridized carbons (Fsp3) is 0.267. The molecule has 2 rings (SSSR count). The topological polar surface area (TPSA) is 102 Å². The summed E-state index contributed by atoms with van der Waals surface area (Å²) in [6, 6.07) is 5.26. The van der Waals surface area contributed by atoms with Crippen molar-refractivity contribution in [2.24, 2.45) is 5.10 Å². The third kappa shape index (κ3) is 4.88. The number of aryl methyl sites for hydroxylation is 1. The minimum atomic E-state index is -4.58. The number of hydrogen-bond donors (Lipinski definition) is 1. The van der Waals surface area contributed by atoms with Crippen LogP contribution in [0.2, 0.25) is 0 Å². The lowest BCUT2D eigenvalue weighted by molar-refractivity contribution is -0.385. The van der Waals surface area contributed by atoms with Crippen molar-refractivity contribution in [3.63, 3.8) is 0 Å². The Morgan fingerprint density at radius 3 is 2.73 bits per heavy atom. The summed E-state index contributed by atoms with van der Waals surface area (Å²) >= 11 is 0. The van der Waals surface area contributed by atoms with Crippen LogP contribution in [0.5, 0.6) is 0 Å². The van der Waals surface area contributed by atoms with Gasteiger partial charge in [-0.2, -0.15) is 23.4 Å². The van der Waals surface area contributed by atoms with Gasteiger partial charge in [0.2, 0.25) is 0 Å². The van der Waals surface area contributed by atoms with E-state index in [1.165, 1.54) is 12.3 Å². The van der Waals surface area contributed by atoms with Crippen LogP contribution < -0.4 is 5.43 Å². The third-order valence-electron chi connectivity index (χ3n) is 3.33. The molecule has 0 saturated carbocycles. The number of nitro groups is 1. The number of hydrazone groups is 1. The van der Waals surface area contributed by atoms with Crippen LogP contribution in [-0.2, 0) is 23.9 Å². The molecular formula is C15H14F3N5O3. The molecule has 0 fully saturated rings. The minimum Gasteiger partial charge on any atom is -0.271 e. The number of hydrogen-bond acceptors (Lipinski definition) is 5. The van der Waals surface area contributed by atoms with Crippen molar-refractivity contribution in [1.29, 1.82) is 0 Å². The summed E-state index contributed by atoms with van der Waals surface area (Å²) in [6.07, 6.45) is -1.86. The fourth-order valence-electron chi connectivity index (χ4n) is 2.09. The van der Waals surface area contributed by atoms with Gasteiger partial charge < -0.3 is 0 Å². The number of aromatic nitrogens is 2. The SMILES string of the molecule is CCc1ccc(/C=N/NC(=O)Cn2ccc(C(F)(F)F)n2)cc1[N+](=O)[O-]. The lowest BCUT2D eigenvalue weighted by Gasteiger charge is -2.03. The predicted octanol–water partition coefficient (Wildman–Crippen LogP) is 2.52. The van der Waals surface area contributed by atoms with Gasteiger partial charge in [-0.05, 0) is 12.5 Å². The molecule has 138 valence electrons. The van der Waals surface area contributed by atoms with E-state index in [-0.39, 0.29) is 5.69 Å². The van der Waals surface area contributed by atoms with Crippen LogP contribution >= 0.6 is 0 Å². The Kier molecular flexibility index (Phi) is 5.70. The van der Waals surface area contributed by atoms with Crippen molar-refractivity contribution in [1.82, 2.24) is 15.2 Å². The molecule has 11 heteroatoms. The summed E-state index contributed by atoms with van der Waals surface area (Å²) in [4.78, 5) is 22.1. The molecule has 2 aromatic rings. The molecule has 26 heavy (non-hydrogen) atoms. The average Bonchev–Trinajstić information content (AvgIpc) is 3.03. The average molecular weight is 369 g/mol. The first-order valence-corrected chi connectivity index (χ1v) is 7.40. The van der Waals surface area contributed by atoms with E-state index < -0.39 is 29.2 Å². The van der Waals surface area contributed by atoms with Gasteiger partial charge in [0.25, 0.3) is 11.6 Å². The number of nitrogens with one attached hydrogen (secondary N) is 1. The molecule has 1 amide bonds. The van der Waals surface area contributed by atoms with Crippen LogP contribution in [-0.4, -0.2) is 26.8 Å². The molecule has 0 unspecified atom stereocenters. The first-order chi connectivity index (χ1) is 12.2. The maximum absolute atomic E-state index is 12.4. The first kappa shape index (κ1) is 19.1. The zero-order chi connectivity index (χ0) is 19.3. The largest absolute Gasteiger partial charge is 0.435 e. The highest BCUT2D eigenvalue weighted by Crippen LogP contribution is 2.27. The van der Waals surface area contributed by atoms with E-state index in [1.54, 1.807) is 19.1 Å². The highest BCUT2D eigenvalue weighted by molar-refractivity contribution is 5.83. The maximum Gasteiger partial charge on any atom is 0.435 e. The minimum absolute atomic E-state index is 0.0565. The van der Waals surface area contributed by atoms with Crippen LogP contribution in [0.1, 0.15) is 23.7 Å². The summed E-state index contributed by atoms with van der Waals surface area (Å²) < 4.78 is 38.1. The number of amides is 1. The Labute approximate surface area is 145 Å². The number of rotatable bonds is 6. The molecule has 0 aliphatic rings. The summed E-state index contributed by atoms with van der Waals surface area (Å²) in [5.41, 5.74) is 1.93. The summed E-state index contributed by atoms with van der Waals surface area (Å²) in [5, 5.41) is 17.9. The van der Waals surface area contributed by atoms with E-state index in [0.717, 1.165) is 16.9 Å². The molecule has 0 aliphatic heterocycles. The summed E-state index contributed by atoms with van der Waals surface area (Å²) in [5.74, 6) is -0.697. The predicted molar refractivity (Wildman–Crippen MR) is 85.4 cm³/mol. The van der Waals surface area contributed by atoms with Gasteiger partial charge in [-0.3, -0.25) is 19.6 Å². The normalized spacial score (nSPS) is 11.7. The van der Waals surface area contributed by atoms with Gasteiger partial charge in [0, 0.05) is 23.4 Å². The molecule has 1 aromatic heterocycles. The third-order valence-corrected chi connectivity index (χ3v) is 3.33. The van der Waals surface area contributed by atoms with E-state index in [0.29, 0.717) is 17.5 Å². The number of halogens is 3. The Balaban J connectivity index is 1.98. The van der Waals surface area contributed by atoms with Crippen molar-refractivity contribution >= 4 is 17.8 Å². The van der Waals surface area contributed by atoms with Gasteiger partial charge in [-0.25, -0.2) is 5.43 Å². The molecule has 1 heterocycles. The zero-order valence-electron chi connectivity index (χ0n) is 13.5. The number of nitro benzene ring substituents is 1. The molecule has 0 spiro atoms.